The van der Waals surface area contributed by atoms with Crippen molar-refractivity contribution in [1.29, 1.82) is 0 Å². The SMILES string of the molecule is C=C(C(=O)OC(C)(C)C)C(F)c1ccccc1C. The summed E-state index contributed by atoms with van der Waals surface area (Å²) >= 11 is 0. The summed E-state index contributed by atoms with van der Waals surface area (Å²) in [7, 11) is 0. The van der Waals surface area contributed by atoms with E-state index in [1.54, 1.807) is 45.9 Å². The molecule has 1 rings (SSSR count). The van der Waals surface area contributed by atoms with Crippen LogP contribution in [0.2, 0.25) is 0 Å². The first-order valence-corrected chi connectivity index (χ1v) is 5.84. The van der Waals surface area contributed by atoms with Gasteiger partial charge in [-0.25, -0.2) is 9.18 Å². The topological polar surface area (TPSA) is 26.3 Å². The van der Waals surface area contributed by atoms with E-state index in [0.717, 1.165) is 5.56 Å². The van der Waals surface area contributed by atoms with Gasteiger partial charge in [-0.3, -0.25) is 0 Å². The number of ether oxygens (including phenoxy) is 1. The number of carbonyl (C=O) groups excluding carboxylic acids is 1. The summed E-state index contributed by atoms with van der Waals surface area (Å²) in [5.74, 6) is -0.696. The van der Waals surface area contributed by atoms with Crippen LogP contribution in [0.25, 0.3) is 0 Å². The Labute approximate surface area is 107 Å². The monoisotopic (exact) mass is 250 g/mol. The number of hydrogen-bond donors (Lipinski definition) is 0. The molecule has 0 fully saturated rings. The molecule has 1 unspecified atom stereocenters. The number of carbonyl (C=O) groups is 1. The van der Waals surface area contributed by atoms with Crippen LogP contribution in [-0.4, -0.2) is 11.6 Å². The maximum Gasteiger partial charge on any atom is 0.337 e. The minimum Gasteiger partial charge on any atom is -0.457 e. The fourth-order valence-corrected chi connectivity index (χ4v) is 1.51. The van der Waals surface area contributed by atoms with Crippen LogP contribution in [0, 0.1) is 6.92 Å². The van der Waals surface area contributed by atoms with E-state index in [2.05, 4.69) is 6.58 Å². The molecule has 0 aromatic heterocycles. The van der Waals surface area contributed by atoms with Crippen LogP contribution in [0.3, 0.4) is 0 Å². The zero-order valence-corrected chi connectivity index (χ0v) is 11.3. The van der Waals surface area contributed by atoms with E-state index in [0.29, 0.717) is 5.56 Å². The van der Waals surface area contributed by atoms with Crippen molar-refractivity contribution in [3.63, 3.8) is 0 Å². The van der Waals surface area contributed by atoms with E-state index < -0.39 is 17.7 Å². The summed E-state index contributed by atoms with van der Waals surface area (Å²) in [6.07, 6.45) is -1.53. The molecule has 0 saturated carbocycles. The largest absolute Gasteiger partial charge is 0.457 e. The number of esters is 1. The molecule has 1 atom stereocenters. The first kappa shape index (κ1) is 14.4. The molecule has 0 N–H and O–H groups in total. The first-order valence-electron chi connectivity index (χ1n) is 5.84. The molecule has 0 bridgehead atoms. The van der Waals surface area contributed by atoms with E-state index in [1.165, 1.54) is 0 Å². The van der Waals surface area contributed by atoms with Crippen molar-refractivity contribution in [2.75, 3.05) is 0 Å². The number of alkyl halides is 1. The average Bonchev–Trinajstić information content (AvgIpc) is 2.25. The molecule has 0 aliphatic heterocycles. The van der Waals surface area contributed by atoms with Crippen LogP contribution >= 0.6 is 0 Å². The van der Waals surface area contributed by atoms with Crippen molar-refractivity contribution >= 4 is 5.97 Å². The highest BCUT2D eigenvalue weighted by atomic mass is 19.1. The molecule has 1 aromatic carbocycles. The van der Waals surface area contributed by atoms with E-state index >= 15 is 0 Å². The number of rotatable bonds is 3. The molecule has 2 nitrogen and oxygen atoms in total. The predicted molar refractivity (Wildman–Crippen MR) is 70.0 cm³/mol. The van der Waals surface area contributed by atoms with Crippen molar-refractivity contribution in [3.05, 3.63) is 47.5 Å². The van der Waals surface area contributed by atoms with Gasteiger partial charge in [-0.1, -0.05) is 30.8 Å². The zero-order valence-electron chi connectivity index (χ0n) is 11.3. The third-order valence-corrected chi connectivity index (χ3v) is 2.43. The third kappa shape index (κ3) is 3.69. The van der Waals surface area contributed by atoms with Gasteiger partial charge in [0.15, 0.2) is 6.17 Å². The number of hydrogen-bond acceptors (Lipinski definition) is 2. The van der Waals surface area contributed by atoms with Crippen LogP contribution in [0.1, 0.15) is 38.1 Å². The highest BCUT2D eigenvalue weighted by Gasteiger charge is 2.26. The summed E-state index contributed by atoms with van der Waals surface area (Å²) in [4.78, 5) is 11.7. The number of aryl methyl sites for hydroxylation is 1. The Balaban J connectivity index is 2.85. The van der Waals surface area contributed by atoms with Crippen molar-refractivity contribution in [2.24, 2.45) is 0 Å². The van der Waals surface area contributed by atoms with Crippen molar-refractivity contribution in [1.82, 2.24) is 0 Å². The molecular weight excluding hydrogens is 231 g/mol. The van der Waals surface area contributed by atoms with Gasteiger partial charge in [0, 0.05) is 0 Å². The van der Waals surface area contributed by atoms with Crippen molar-refractivity contribution in [2.45, 2.75) is 39.5 Å². The Morgan fingerprint density at radius 2 is 1.89 bits per heavy atom. The van der Waals surface area contributed by atoms with E-state index in [9.17, 15) is 9.18 Å². The lowest BCUT2D eigenvalue weighted by molar-refractivity contribution is -0.150. The zero-order chi connectivity index (χ0) is 13.9. The summed E-state index contributed by atoms with van der Waals surface area (Å²) < 4.78 is 19.3. The van der Waals surface area contributed by atoms with E-state index in [1.807, 2.05) is 6.07 Å². The van der Waals surface area contributed by atoms with Gasteiger partial charge in [-0.2, -0.15) is 0 Å². The van der Waals surface area contributed by atoms with Crippen LogP contribution in [0.4, 0.5) is 4.39 Å². The minimum atomic E-state index is -1.53. The normalized spacial score (nSPS) is 12.9. The number of halogens is 1. The second-order valence-corrected chi connectivity index (χ2v) is 5.25. The van der Waals surface area contributed by atoms with Gasteiger partial charge in [0.05, 0.1) is 5.57 Å². The van der Waals surface area contributed by atoms with Gasteiger partial charge >= 0.3 is 5.97 Å². The molecule has 3 heteroatoms. The van der Waals surface area contributed by atoms with Crippen LogP contribution in [0.15, 0.2) is 36.4 Å². The summed E-state index contributed by atoms with van der Waals surface area (Å²) in [5, 5.41) is 0. The molecular formula is C15H19FO2. The molecule has 0 heterocycles. The maximum absolute atomic E-state index is 14.2. The molecule has 0 saturated heterocycles. The fourth-order valence-electron chi connectivity index (χ4n) is 1.51. The highest BCUT2D eigenvalue weighted by Crippen LogP contribution is 2.28. The van der Waals surface area contributed by atoms with Gasteiger partial charge < -0.3 is 4.74 Å². The summed E-state index contributed by atoms with van der Waals surface area (Å²) in [6.45, 7) is 10.5. The minimum absolute atomic E-state index is 0.167. The first-order chi connectivity index (χ1) is 8.22. The Kier molecular flexibility index (Phi) is 4.28. The Morgan fingerprint density at radius 3 is 2.39 bits per heavy atom. The summed E-state index contributed by atoms with van der Waals surface area (Å²) in [5.41, 5.74) is 0.424. The average molecular weight is 250 g/mol. The van der Waals surface area contributed by atoms with Crippen LogP contribution in [0.5, 0.6) is 0 Å². The van der Waals surface area contributed by atoms with E-state index in [-0.39, 0.29) is 5.57 Å². The summed E-state index contributed by atoms with van der Waals surface area (Å²) in [6, 6.07) is 7.00. The molecule has 0 radical (unpaired) electrons. The predicted octanol–water partition coefficient (Wildman–Crippen LogP) is 3.90. The molecule has 0 amide bonds. The van der Waals surface area contributed by atoms with Gasteiger partial charge in [-0.15, -0.1) is 0 Å². The number of benzene rings is 1. The van der Waals surface area contributed by atoms with Gasteiger partial charge in [0.1, 0.15) is 5.60 Å². The Hall–Kier alpha value is -1.64. The van der Waals surface area contributed by atoms with Crippen LogP contribution < -0.4 is 0 Å². The molecule has 0 aliphatic carbocycles. The smallest absolute Gasteiger partial charge is 0.337 e. The van der Waals surface area contributed by atoms with Gasteiger partial charge in [0.25, 0.3) is 0 Å². The van der Waals surface area contributed by atoms with Crippen LogP contribution in [-0.2, 0) is 9.53 Å². The standard InChI is InChI=1S/C15H19FO2/c1-10-8-6-7-9-12(10)13(16)11(2)14(17)18-15(3,4)5/h6-9,13H,2H2,1,3-5H3. The molecule has 18 heavy (non-hydrogen) atoms. The molecule has 98 valence electrons. The van der Waals surface area contributed by atoms with E-state index in [4.69, 9.17) is 4.74 Å². The Morgan fingerprint density at radius 1 is 1.33 bits per heavy atom. The lowest BCUT2D eigenvalue weighted by Crippen LogP contribution is -2.25. The fraction of sp³-hybridized carbons (Fsp3) is 0.400. The maximum atomic E-state index is 14.2. The van der Waals surface area contributed by atoms with Gasteiger partial charge in [0.2, 0.25) is 0 Å². The second-order valence-electron chi connectivity index (χ2n) is 5.25. The quantitative estimate of drug-likeness (QED) is 0.600. The third-order valence-electron chi connectivity index (χ3n) is 2.43. The van der Waals surface area contributed by atoms with Crippen molar-refractivity contribution < 1.29 is 13.9 Å². The molecule has 1 aromatic rings. The molecule has 0 aliphatic rings. The molecule has 0 spiro atoms. The Bertz CT molecular complexity index is 458. The lowest BCUT2D eigenvalue weighted by atomic mass is 9.99. The second kappa shape index (κ2) is 5.34. The lowest BCUT2D eigenvalue weighted by Gasteiger charge is -2.21. The van der Waals surface area contributed by atoms with Crippen molar-refractivity contribution in [3.8, 4) is 0 Å². The highest BCUT2D eigenvalue weighted by molar-refractivity contribution is 5.89. The van der Waals surface area contributed by atoms with Gasteiger partial charge in [-0.05, 0) is 38.8 Å².